The van der Waals surface area contributed by atoms with Crippen LogP contribution in [0.5, 0.6) is 0 Å². The summed E-state index contributed by atoms with van der Waals surface area (Å²) in [7, 11) is 0. The minimum atomic E-state index is -0.161. The summed E-state index contributed by atoms with van der Waals surface area (Å²) in [5.41, 5.74) is 0.557. The monoisotopic (exact) mass is 221 g/mol. The number of nitrogens with one attached hydrogen (secondary N) is 1. The molecule has 1 saturated heterocycles. The Kier molecular flexibility index (Phi) is 3.03. The fourth-order valence-electron chi connectivity index (χ4n) is 2.06. The van der Waals surface area contributed by atoms with Gasteiger partial charge in [0.25, 0.3) is 5.56 Å². The van der Waals surface area contributed by atoms with Crippen LogP contribution < -0.4 is 5.56 Å². The Morgan fingerprint density at radius 1 is 1.56 bits per heavy atom. The Morgan fingerprint density at radius 2 is 2.38 bits per heavy atom. The van der Waals surface area contributed by atoms with Gasteiger partial charge >= 0.3 is 0 Å². The lowest BCUT2D eigenvalue weighted by molar-refractivity contribution is -0.127. The number of carbonyl (C=O) groups is 1. The molecule has 1 amide bonds. The summed E-state index contributed by atoms with van der Waals surface area (Å²) in [5.74, 6) is 0.232. The highest BCUT2D eigenvalue weighted by atomic mass is 16.2. The van der Waals surface area contributed by atoms with E-state index in [1.807, 2.05) is 11.8 Å². The fourth-order valence-corrected chi connectivity index (χ4v) is 2.06. The molecule has 16 heavy (non-hydrogen) atoms. The summed E-state index contributed by atoms with van der Waals surface area (Å²) in [6.07, 6.45) is 2.82. The van der Waals surface area contributed by atoms with E-state index in [4.69, 9.17) is 0 Å². The quantitative estimate of drug-likeness (QED) is 0.808. The van der Waals surface area contributed by atoms with Crippen molar-refractivity contribution in [3.63, 3.8) is 0 Å². The molecule has 86 valence electrons. The van der Waals surface area contributed by atoms with Crippen molar-refractivity contribution < 1.29 is 4.79 Å². The summed E-state index contributed by atoms with van der Waals surface area (Å²) < 4.78 is 0. The molecule has 0 radical (unpaired) electrons. The van der Waals surface area contributed by atoms with Crippen LogP contribution >= 0.6 is 0 Å². The standard InChI is InChI=1S/C11H15N3O2/c1-2-3-14-6-8(4-11(14)16)9-5-10(15)13-7-12-9/h5,7-8H,2-4,6H2,1H3,(H,12,13,15)/t8-/m0/s1. The van der Waals surface area contributed by atoms with E-state index < -0.39 is 0 Å². The highest BCUT2D eigenvalue weighted by Gasteiger charge is 2.30. The van der Waals surface area contributed by atoms with Crippen LogP contribution in [0, 0.1) is 0 Å². The van der Waals surface area contributed by atoms with Crippen LogP contribution in [0.15, 0.2) is 17.2 Å². The van der Waals surface area contributed by atoms with Crippen molar-refractivity contribution >= 4 is 5.91 Å². The zero-order valence-electron chi connectivity index (χ0n) is 9.27. The number of amides is 1. The first-order chi connectivity index (χ1) is 7.70. The first kappa shape index (κ1) is 10.9. The molecule has 1 N–H and O–H groups in total. The molecule has 0 bridgehead atoms. The molecule has 5 nitrogen and oxygen atoms in total. The second-order valence-electron chi connectivity index (χ2n) is 4.08. The Bertz CT molecular complexity index is 441. The predicted molar refractivity (Wildman–Crippen MR) is 59.1 cm³/mol. The van der Waals surface area contributed by atoms with E-state index in [2.05, 4.69) is 9.97 Å². The summed E-state index contributed by atoms with van der Waals surface area (Å²) in [4.78, 5) is 31.2. The maximum atomic E-state index is 11.6. The van der Waals surface area contributed by atoms with Gasteiger partial charge in [0.05, 0.1) is 12.0 Å². The van der Waals surface area contributed by atoms with E-state index >= 15 is 0 Å². The van der Waals surface area contributed by atoms with Crippen molar-refractivity contribution in [2.45, 2.75) is 25.7 Å². The van der Waals surface area contributed by atoms with Gasteiger partial charge in [-0.1, -0.05) is 6.92 Å². The number of carbonyl (C=O) groups excluding carboxylic acids is 1. The van der Waals surface area contributed by atoms with Crippen molar-refractivity contribution in [3.05, 3.63) is 28.4 Å². The van der Waals surface area contributed by atoms with E-state index in [0.29, 0.717) is 13.0 Å². The lowest BCUT2D eigenvalue weighted by Crippen LogP contribution is -2.25. The maximum absolute atomic E-state index is 11.6. The number of nitrogens with zero attached hydrogens (tertiary/aromatic N) is 2. The van der Waals surface area contributed by atoms with Gasteiger partial charge in [0.15, 0.2) is 0 Å². The van der Waals surface area contributed by atoms with Gasteiger partial charge in [-0.05, 0) is 6.42 Å². The Morgan fingerprint density at radius 3 is 3.06 bits per heavy atom. The second-order valence-corrected chi connectivity index (χ2v) is 4.08. The van der Waals surface area contributed by atoms with E-state index in [0.717, 1.165) is 18.7 Å². The number of likely N-dealkylation sites (tertiary alicyclic amines) is 1. The molecule has 1 aliphatic rings. The molecule has 5 heteroatoms. The molecular formula is C11H15N3O2. The summed E-state index contributed by atoms with van der Waals surface area (Å²) in [6.45, 7) is 3.52. The zero-order chi connectivity index (χ0) is 11.5. The van der Waals surface area contributed by atoms with Gasteiger partial charge in [-0.25, -0.2) is 4.98 Å². The number of H-pyrrole nitrogens is 1. The normalized spacial score (nSPS) is 20.4. The van der Waals surface area contributed by atoms with Crippen LogP contribution in [0.2, 0.25) is 0 Å². The van der Waals surface area contributed by atoms with Crippen LogP contribution in [-0.4, -0.2) is 33.9 Å². The number of rotatable bonds is 3. The van der Waals surface area contributed by atoms with Crippen LogP contribution in [-0.2, 0) is 4.79 Å². The summed E-state index contributed by atoms with van der Waals surface area (Å²) in [5, 5.41) is 0. The highest BCUT2D eigenvalue weighted by molar-refractivity contribution is 5.79. The third-order valence-electron chi connectivity index (χ3n) is 2.83. The van der Waals surface area contributed by atoms with Gasteiger partial charge < -0.3 is 9.88 Å². The van der Waals surface area contributed by atoms with E-state index in [9.17, 15) is 9.59 Å². The van der Waals surface area contributed by atoms with Crippen LogP contribution in [0.4, 0.5) is 0 Å². The van der Waals surface area contributed by atoms with Crippen LogP contribution in [0.1, 0.15) is 31.4 Å². The molecule has 0 aromatic carbocycles. The number of aromatic amines is 1. The number of aromatic nitrogens is 2. The molecule has 2 rings (SSSR count). The summed E-state index contributed by atoms with van der Waals surface area (Å²) >= 11 is 0. The molecule has 0 unspecified atom stereocenters. The van der Waals surface area contributed by atoms with E-state index in [1.54, 1.807) is 0 Å². The van der Waals surface area contributed by atoms with E-state index in [1.165, 1.54) is 12.4 Å². The molecule has 1 atom stereocenters. The molecule has 0 saturated carbocycles. The van der Waals surface area contributed by atoms with Gasteiger partial charge in [-0.3, -0.25) is 9.59 Å². The third-order valence-corrected chi connectivity index (χ3v) is 2.83. The molecule has 0 aliphatic carbocycles. The molecule has 0 spiro atoms. The largest absolute Gasteiger partial charge is 0.342 e. The Hall–Kier alpha value is -1.65. The molecule has 1 aliphatic heterocycles. The molecule has 2 heterocycles. The van der Waals surface area contributed by atoms with Gasteiger partial charge in [0.1, 0.15) is 0 Å². The minimum absolute atomic E-state index is 0.0707. The minimum Gasteiger partial charge on any atom is -0.342 e. The fraction of sp³-hybridized carbons (Fsp3) is 0.545. The lowest BCUT2D eigenvalue weighted by Gasteiger charge is -2.14. The van der Waals surface area contributed by atoms with Gasteiger partial charge in [-0.2, -0.15) is 0 Å². The highest BCUT2D eigenvalue weighted by Crippen LogP contribution is 2.25. The Labute approximate surface area is 93.5 Å². The molecular weight excluding hydrogens is 206 g/mol. The predicted octanol–water partition coefficient (Wildman–Crippen LogP) is 0.496. The molecule has 1 aromatic heterocycles. The van der Waals surface area contributed by atoms with Gasteiger partial charge in [0, 0.05) is 31.5 Å². The smallest absolute Gasteiger partial charge is 0.250 e. The maximum Gasteiger partial charge on any atom is 0.250 e. The molecule has 1 aromatic rings. The number of hydrogen-bond acceptors (Lipinski definition) is 3. The first-order valence-electron chi connectivity index (χ1n) is 5.53. The van der Waals surface area contributed by atoms with Crippen molar-refractivity contribution in [2.75, 3.05) is 13.1 Å². The molecule has 1 fully saturated rings. The number of hydrogen-bond donors (Lipinski definition) is 1. The average molecular weight is 221 g/mol. The van der Waals surface area contributed by atoms with Crippen LogP contribution in [0.25, 0.3) is 0 Å². The van der Waals surface area contributed by atoms with Gasteiger partial charge in [-0.15, -0.1) is 0 Å². The zero-order valence-corrected chi connectivity index (χ0v) is 9.27. The van der Waals surface area contributed by atoms with Crippen molar-refractivity contribution in [1.82, 2.24) is 14.9 Å². The average Bonchev–Trinajstić information content (AvgIpc) is 2.61. The van der Waals surface area contributed by atoms with Crippen molar-refractivity contribution in [2.24, 2.45) is 0 Å². The van der Waals surface area contributed by atoms with Crippen molar-refractivity contribution in [3.8, 4) is 0 Å². The SMILES string of the molecule is CCCN1C[C@@H](c2cc(=O)[nH]cn2)CC1=O. The third kappa shape index (κ3) is 2.13. The van der Waals surface area contributed by atoms with Crippen LogP contribution in [0.3, 0.4) is 0 Å². The van der Waals surface area contributed by atoms with E-state index in [-0.39, 0.29) is 17.4 Å². The second kappa shape index (κ2) is 4.47. The Balaban J connectivity index is 2.13. The van der Waals surface area contributed by atoms with Crippen molar-refractivity contribution in [1.29, 1.82) is 0 Å². The first-order valence-corrected chi connectivity index (χ1v) is 5.53. The lowest BCUT2D eigenvalue weighted by atomic mass is 10.0. The topological polar surface area (TPSA) is 66.1 Å². The summed E-state index contributed by atoms with van der Waals surface area (Å²) in [6, 6.07) is 1.48. The van der Waals surface area contributed by atoms with Gasteiger partial charge in [0.2, 0.25) is 5.91 Å².